The van der Waals surface area contributed by atoms with Crippen molar-refractivity contribution >= 4 is 5.91 Å². The first kappa shape index (κ1) is 15.8. The Morgan fingerprint density at radius 2 is 2.21 bits per heavy atom. The van der Waals surface area contributed by atoms with Gasteiger partial charge >= 0.3 is 0 Å². The molecule has 0 bridgehead atoms. The van der Waals surface area contributed by atoms with E-state index in [2.05, 4.69) is 12.6 Å². The third-order valence-corrected chi connectivity index (χ3v) is 4.00. The van der Waals surface area contributed by atoms with Crippen molar-refractivity contribution in [3.8, 4) is 11.8 Å². The fraction of sp³-hybridized carbons (Fsp3) is 0.200. The molecule has 0 aromatic heterocycles. The van der Waals surface area contributed by atoms with Crippen LogP contribution in [0, 0.1) is 11.3 Å². The summed E-state index contributed by atoms with van der Waals surface area (Å²) in [5, 5.41) is 9.02. The van der Waals surface area contributed by atoms with Crippen molar-refractivity contribution in [1.29, 1.82) is 5.26 Å². The summed E-state index contributed by atoms with van der Waals surface area (Å²) >= 11 is 0. The zero-order valence-corrected chi connectivity index (χ0v) is 13.4. The average molecular weight is 318 g/mol. The molecule has 0 aliphatic carbocycles. The van der Waals surface area contributed by atoms with Gasteiger partial charge in [0.05, 0.1) is 18.2 Å². The molecular weight excluding hydrogens is 300 g/mol. The Bertz CT molecular complexity index is 821. The van der Waals surface area contributed by atoms with Crippen LogP contribution in [0.25, 0.3) is 0 Å². The Kier molecular flexibility index (Phi) is 4.62. The molecule has 120 valence electrons. The van der Waals surface area contributed by atoms with Crippen LogP contribution in [0.4, 0.5) is 0 Å². The molecule has 0 saturated carbocycles. The molecule has 4 heteroatoms. The van der Waals surface area contributed by atoms with E-state index in [1.165, 1.54) is 0 Å². The number of carbonyl (C=O) groups is 1. The van der Waals surface area contributed by atoms with Gasteiger partial charge in [0.2, 0.25) is 0 Å². The lowest BCUT2D eigenvalue weighted by molar-refractivity contribution is 0.0762. The van der Waals surface area contributed by atoms with E-state index in [0.29, 0.717) is 30.8 Å². The van der Waals surface area contributed by atoms with Gasteiger partial charge in [-0.25, -0.2) is 0 Å². The maximum atomic E-state index is 12.9. The van der Waals surface area contributed by atoms with Crippen LogP contribution >= 0.6 is 0 Å². The molecule has 0 radical (unpaired) electrons. The van der Waals surface area contributed by atoms with Gasteiger partial charge < -0.3 is 9.64 Å². The van der Waals surface area contributed by atoms with E-state index in [4.69, 9.17) is 10.00 Å². The van der Waals surface area contributed by atoms with Crippen molar-refractivity contribution < 1.29 is 9.53 Å². The summed E-state index contributed by atoms with van der Waals surface area (Å²) in [6.07, 6.45) is 2.55. The maximum absolute atomic E-state index is 12.9. The van der Waals surface area contributed by atoms with E-state index >= 15 is 0 Å². The zero-order chi connectivity index (χ0) is 16.9. The first-order valence-corrected chi connectivity index (χ1v) is 7.86. The predicted octanol–water partition coefficient (Wildman–Crippen LogP) is 3.32. The van der Waals surface area contributed by atoms with Gasteiger partial charge in [0.1, 0.15) is 5.75 Å². The van der Waals surface area contributed by atoms with Gasteiger partial charge in [-0.05, 0) is 41.5 Å². The molecule has 24 heavy (non-hydrogen) atoms. The summed E-state index contributed by atoms with van der Waals surface area (Å²) in [5.74, 6) is 0.815. The molecule has 0 saturated heterocycles. The summed E-state index contributed by atoms with van der Waals surface area (Å²) in [4.78, 5) is 14.6. The lowest BCUT2D eigenvalue weighted by atomic mass is 10.1. The van der Waals surface area contributed by atoms with E-state index in [9.17, 15) is 4.79 Å². The van der Waals surface area contributed by atoms with Crippen molar-refractivity contribution in [2.75, 3.05) is 13.2 Å². The lowest BCUT2D eigenvalue weighted by Crippen LogP contribution is -2.30. The molecule has 1 heterocycles. The second-order valence-corrected chi connectivity index (χ2v) is 5.71. The Balaban J connectivity index is 1.83. The van der Waals surface area contributed by atoms with Crippen LogP contribution in [0.15, 0.2) is 55.1 Å². The number of ether oxygens (including phenoxy) is 1. The third-order valence-electron chi connectivity index (χ3n) is 4.00. The topological polar surface area (TPSA) is 53.3 Å². The number of carbonyl (C=O) groups excluding carboxylic acids is 1. The molecular formula is C20H18N2O2. The van der Waals surface area contributed by atoms with Gasteiger partial charge in [0.15, 0.2) is 0 Å². The molecule has 0 spiro atoms. The molecule has 0 N–H and O–H groups in total. The first-order valence-electron chi connectivity index (χ1n) is 7.86. The van der Waals surface area contributed by atoms with Crippen LogP contribution in [-0.4, -0.2) is 24.0 Å². The molecule has 0 fully saturated rings. The molecule has 4 nitrogen and oxygen atoms in total. The van der Waals surface area contributed by atoms with Crippen LogP contribution in [0.3, 0.4) is 0 Å². The van der Waals surface area contributed by atoms with Crippen LogP contribution in [-0.2, 0) is 13.0 Å². The Morgan fingerprint density at radius 1 is 1.33 bits per heavy atom. The number of hydrogen-bond donors (Lipinski definition) is 0. The second-order valence-electron chi connectivity index (χ2n) is 5.71. The monoisotopic (exact) mass is 318 g/mol. The van der Waals surface area contributed by atoms with Gasteiger partial charge in [-0.2, -0.15) is 5.26 Å². The lowest BCUT2D eigenvalue weighted by Gasteiger charge is -2.21. The molecule has 0 atom stereocenters. The van der Waals surface area contributed by atoms with Crippen LogP contribution in [0.5, 0.6) is 5.75 Å². The molecule has 1 amide bonds. The summed E-state index contributed by atoms with van der Waals surface area (Å²) in [6, 6.07) is 15.0. The number of nitrogens with zero attached hydrogens (tertiary/aromatic N) is 2. The highest BCUT2D eigenvalue weighted by Gasteiger charge is 2.19. The quantitative estimate of drug-likeness (QED) is 0.795. The summed E-state index contributed by atoms with van der Waals surface area (Å²) in [6.45, 7) is 5.30. The fourth-order valence-electron chi connectivity index (χ4n) is 2.84. The van der Waals surface area contributed by atoms with E-state index in [-0.39, 0.29) is 5.91 Å². The highest BCUT2D eigenvalue weighted by molar-refractivity contribution is 5.94. The minimum atomic E-state index is -0.0491. The second kappa shape index (κ2) is 7.01. The number of fused-ring (bicyclic) bond motifs is 1. The minimum Gasteiger partial charge on any atom is -0.493 e. The summed E-state index contributed by atoms with van der Waals surface area (Å²) in [7, 11) is 0. The normalized spacial score (nSPS) is 12.0. The minimum absolute atomic E-state index is 0.0491. The molecule has 1 aliphatic heterocycles. The van der Waals surface area contributed by atoms with Gasteiger partial charge in [-0.15, -0.1) is 6.58 Å². The number of amides is 1. The maximum Gasteiger partial charge on any atom is 0.254 e. The Hall–Kier alpha value is -3.06. The van der Waals surface area contributed by atoms with Gasteiger partial charge in [-0.1, -0.05) is 18.2 Å². The number of rotatable bonds is 5. The van der Waals surface area contributed by atoms with E-state index in [1.54, 1.807) is 29.2 Å². The van der Waals surface area contributed by atoms with E-state index < -0.39 is 0 Å². The van der Waals surface area contributed by atoms with Gasteiger partial charge in [0, 0.05) is 25.1 Å². The van der Waals surface area contributed by atoms with Crippen molar-refractivity contribution in [2.24, 2.45) is 0 Å². The zero-order valence-electron chi connectivity index (χ0n) is 13.4. The van der Waals surface area contributed by atoms with Crippen molar-refractivity contribution in [3.05, 3.63) is 77.4 Å². The summed E-state index contributed by atoms with van der Waals surface area (Å²) < 4.78 is 5.49. The van der Waals surface area contributed by atoms with Crippen molar-refractivity contribution in [2.45, 2.75) is 13.0 Å². The molecule has 2 aromatic carbocycles. The smallest absolute Gasteiger partial charge is 0.254 e. The molecule has 0 unspecified atom stereocenters. The molecule has 3 rings (SSSR count). The number of nitriles is 1. The summed E-state index contributed by atoms with van der Waals surface area (Å²) in [5.41, 5.74) is 3.24. The van der Waals surface area contributed by atoms with Crippen LogP contribution in [0.2, 0.25) is 0 Å². The fourth-order valence-corrected chi connectivity index (χ4v) is 2.84. The third kappa shape index (κ3) is 3.31. The predicted molar refractivity (Wildman–Crippen MR) is 91.7 cm³/mol. The van der Waals surface area contributed by atoms with Gasteiger partial charge in [0.25, 0.3) is 5.91 Å². The van der Waals surface area contributed by atoms with E-state index in [1.807, 2.05) is 24.3 Å². The van der Waals surface area contributed by atoms with Crippen LogP contribution in [0.1, 0.15) is 27.0 Å². The van der Waals surface area contributed by atoms with Crippen molar-refractivity contribution in [3.63, 3.8) is 0 Å². The first-order chi connectivity index (χ1) is 11.7. The van der Waals surface area contributed by atoms with Gasteiger partial charge in [-0.3, -0.25) is 4.79 Å². The van der Waals surface area contributed by atoms with Crippen LogP contribution < -0.4 is 4.74 Å². The number of benzene rings is 2. The van der Waals surface area contributed by atoms with E-state index in [0.717, 1.165) is 23.3 Å². The number of hydrogen-bond acceptors (Lipinski definition) is 3. The standard InChI is InChI=1S/C20H18N2O2/c1-2-9-22(14-16-5-3-4-15(11-16)13-21)20(23)18-6-7-19-17(12-18)8-10-24-19/h2-7,11-12H,1,8-10,14H2. The largest absolute Gasteiger partial charge is 0.493 e. The highest BCUT2D eigenvalue weighted by atomic mass is 16.5. The Morgan fingerprint density at radius 3 is 3.00 bits per heavy atom. The SMILES string of the molecule is C=CCN(Cc1cccc(C#N)c1)C(=O)c1ccc2c(c1)CCO2. The Labute approximate surface area is 141 Å². The highest BCUT2D eigenvalue weighted by Crippen LogP contribution is 2.26. The molecule has 1 aliphatic rings. The van der Waals surface area contributed by atoms with Crippen molar-refractivity contribution in [1.82, 2.24) is 4.90 Å². The average Bonchev–Trinajstić information content (AvgIpc) is 3.08. The molecule has 2 aromatic rings.